The van der Waals surface area contributed by atoms with Crippen LogP contribution in [0.5, 0.6) is 5.75 Å². The molecule has 0 saturated carbocycles. The number of hydrogen-bond acceptors (Lipinski definition) is 5. The molecule has 0 radical (unpaired) electrons. The van der Waals surface area contributed by atoms with E-state index in [1.165, 1.54) is 17.7 Å². The summed E-state index contributed by atoms with van der Waals surface area (Å²) >= 11 is 7.30. The Labute approximate surface area is 112 Å². The van der Waals surface area contributed by atoms with E-state index < -0.39 is 0 Å². The summed E-state index contributed by atoms with van der Waals surface area (Å²) in [7, 11) is 0. The fraction of sp³-hybridized carbons (Fsp3) is 0. The topological polar surface area (TPSA) is 72.0 Å². The number of hydrogen-bond donors (Lipinski definition) is 2. The highest BCUT2D eigenvalue weighted by Crippen LogP contribution is 2.40. The molecule has 18 heavy (non-hydrogen) atoms. The van der Waals surface area contributed by atoms with Crippen LogP contribution < -0.4 is 5.73 Å². The van der Waals surface area contributed by atoms with Crippen LogP contribution in [0.3, 0.4) is 0 Å². The van der Waals surface area contributed by atoms with E-state index in [9.17, 15) is 5.11 Å². The molecule has 90 valence electrons. The molecule has 0 saturated heterocycles. The zero-order valence-corrected chi connectivity index (χ0v) is 10.7. The average Bonchev–Trinajstić information content (AvgIpc) is 2.75. The number of aromatic hydroxyl groups is 1. The number of phenols is 1. The molecular formula is C12H8ClN3OS. The molecule has 0 aliphatic rings. The Morgan fingerprint density at radius 3 is 2.72 bits per heavy atom. The van der Waals surface area contributed by atoms with Gasteiger partial charge in [0.05, 0.1) is 15.4 Å². The van der Waals surface area contributed by atoms with Crippen molar-refractivity contribution in [2.24, 2.45) is 0 Å². The molecule has 2 heterocycles. The van der Waals surface area contributed by atoms with Gasteiger partial charge in [-0.25, -0.2) is 9.97 Å². The van der Waals surface area contributed by atoms with Gasteiger partial charge in [0.15, 0.2) is 0 Å². The number of fused-ring (bicyclic) bond motifs is 1. The second-order valence-corrected chi connectivity index (χ2v) is 5.43. The second-order valence-electron chi connectivity index (χ2n) is 3.72. The lowest BCUT2D eigenvalue weighted by atomic mass is 10.1. The molecule has 0 fully saturated rings. The average molecular weight is 278 g/mol. The van der Waals surface area contributed by atoms with Crippen molar-refractivity contribution in [3.8, 4) is 16.2 Å². The van der Waals surface area contributed by atoms with Crippen LogP contribution in [0.2, 0.25) is 4.34 Å². The number of halogens is 1. The third-order valence-corrected chi connectivity index (χ3v) is 3.88. The van der Waals surface area contributed by atoms with Crippen LogP contribution in [0.4, 0.5) is 5.82 Å². The molecule has 6 heteroatoms. The number of anilines is 1. The van der Waals surface area contributed by atoms with E-state index in [-0.39, 0.29) is 5.75 Å². The van der Waals surface area contributed by atoms with Crippen molar-refractivity contribution in [1.29, 1.82) is 0 Å². The summed E-state index contributed by atoms with van der Waals surface area (Å²) in [6.07, 6.45) is 1.38. The second kappa shape index (κ2) is 4.12. The van der Waals surface area contributed by atoms with E-state index in [4.69, 9.17) is 17.3 Å². The van der Waals surface area contributed by atoms with E-state index in [1.54, 1.807) is 18.2 Å². The number of nitrogens with two attached hydrogens (primary N) is 1. The van der Waals surface area contributed by atoms with Gasteiger partial charge in [-0.15, -0.1) is 11.3 Å². The first-order valence-corrected chi connectivity index (χ1v) is 6.34. The third-order valence-electron chi connectivity index (χ3n) is 2.64. The molecule has 3 rings (SSSR count). The smallest absolute Gasteiger partial charge is 0.134 e. The molecule has 1 aromatic carbocycles. The highest BCUT2D eigenvalue weighted by molar-refractivity contribution is 7.19. The monoisotopic (exact) mass is 277 g/mol. The summed E-state index contributed by atoms with van der Waals surface area (Å²) in [5, 5.41) is 10.7. The van der Waals surface area contributed by atoms with Crippen LogP contribution in [0.1, 0.15) is 0 Å². The van der Waals surface area contributed by atoms with Gasteiger partial charge in [0.1, 0.15) is 17.9 Å². The number of rotatable bonds is 1. The molecule has 0 spiro atoms. The molecule has 0 amide bonds. The highest BCUT2D eigenvalue weighted by atomic mass is 35.5. The number of phenolic OH excluding ortho intramolecular Hbond substituents is 1. The maximum atomic E-state index is 10.0. The van der Waals surface area contributed by atoms with Crippen molar-refractivity contribution in [3.63, 3.8) is 0 Å². The molecular weight excluding hydrogens is 270 g/mol. The van der Waals surface area contributed by atoms with E-state index in [0.717, 1.165) is 10.3 Å². The zero-order chi connectivity index (χ0) is 12.7. The minimum Gasteiger partial charge on any atom is -0.507 e. The Hall–Kier alpha value is -1.85. The minimum absolute atomic E-state index is 0.152. The van der Waals surface area contributed by atoms with Gasteiger partial charge in [-0.05, 0) is 24.3 Å². The maximum Gasteiger partial charge on any atom is 0.134 e. The quantitative estimate of drug-likeness (QED) is 0.716. The number of nitrogens with zero attached hydrogens (tertiary/aromatic N) is 2. The van der Waals surface area contributed by atoms with Gasteiger partial charge in [-0.1, -0.05) is 11.6 Å². The fourth-order valence-corrected chi connectivity index (χ4v) is 2.93. The van der Waals surface area contributed by atoms with Gasteiger partial charge >= 0.3 is 0 Å². The van der Waals surface area contributed by atoms with Crippen LogP contribution in [0.15, 0.2) is 30.6 Å². The van der Waals surface area contributed by atoms with Gasteiger partial charge in [0.25, 0.3) is 0 Å². The fourth-order valence-electron chi connectivity index (χ4n) is 1.83. The summed E-state index contributed by atoms with van der Waals surface area (Å²) in [5.41, 5.74) is 7.07. The number of aromatic nitrogens is 2. The largest absolute Gasteiger partial charge is 0.507 e. The highest BCUT2D eigenvalue weighted by Gasteiger charge is 2.14. The van der Waals surface area contributed by atoms with Crippen molar-refractivity contribution in [2.45, 2.75) is 0 Å². The van der Waals surface area contributed by atoms with Crippen LogP contribution in [0.25, 0.3) is 21.3 Å². The Morgan fingerprint density at radius 1 is 1.17 bits per heavy atom. The van der Waals surface area contributed by atoms with Crippen molar-refractivity contribution < 1.29 is 5.11 Å². The van der Waals surface area contributed by atoms with Crippen molar-refractivity contribution in [2.75, 3.05) is 5.73 Å². The maximum absolute atomic E-state index is 10.0. The van der Waals surface area contributed by atoms with Gasteiger partial charge < -0.3 is 10.8 Å². The molecule has 0 bridgehead atoms. The van der Waals surface area contributed by atoms with Gasteiger partial charge in [0.2, 0.25) is 0 Å². The minimum atomic E-state index is 0.152. The molecule has 3 aromatic rings. The summed E-state index contributed by atoms with van der Waals surface area (Å²) in [4.78, 5) is 8.99. The zero-order valence-electron chi connectivity index (χ0n) is 9.09. The Bertz CT molecular complexity index is 741. The van der Waals surface area contributed by atoms with Crippen molar-refractivity contribution in [1.82, 2.24) is 9.97 Å². The molecule has 4 nitrogen and oxygen atoms in total. The van der Waals surface area contributed by atoms with Gasteiger partial charge in [0, 0.05) is 10.3 Å². The lowest BCUT2D eigenvalue weighted by Gasteiger charge is -2.07. The molecule has 0 aliphatic heterocycles. The first kappa shape index (κ1) is 11.3. The van der Waals surface area contributed by atoms with Crippen LogP contribution >= 0.6 is 22.9 Å². The first-order valence-electron chi connectivity index (χ1n) is 5.14. The van der Waals surface area contributed by atoms with Crippen LogP contribution in [0, 0.1) is 0 Å². The molecule has 3 N–H and O–H groups in total. The number of thiophene rings is 1. The van der Waals surface area contributed by atoms with Crippen LogP contribution in [-0.4, -0.2) is 15.1 Å². The SMILES string of the molecule is Nc1ncnc2c(-c3ccc(Cl)s3)c(O)ccc12. The molecule has 0 aliphatic carbocycles. The number of benzene rings is 1. The summed E-state index contributed by atoms with van der Waals surface area (Å²) in [6, 6.07) is 6.92. The van der Waals surface area contributed by atoms with E-state index in [0.29, 0.717) is 21.2 Å². The normalized spacial score (nSPS) is 10.9. The van der Waals surface area contributed by atoms with E-state index in [1.807, 2.05) is 6.07 Å². The van der Waals surface area contributed by atoms with Crippen molar-refractivity contribution in [3.05, 3.63) is 34.9 Å². The summed E-state index contributed by atoms with van der Waals surface area (Å²) < 4.78 is 0.656. The van der Waals surface area contributed by atoms with E-state index in [2.05, 4.69) is 9.97 Å². The van der Waals surface area contributed by atoms with E-state index >= 15 is 0 Å². The Balaban J connectivity index is 2.40. The Morgan fingerprint density at radius 2 is 2.00 bits per heavy atom. The predicted octanol–water partition coefficient (Wildman–Crippen LogP) is 3.30. The van der Waals surface area contributed by atoms with Crippen LogP contribution in [-0.2, 0) is 0 Å². The Kier molecular flexibility index (Phi) is 2.57. The van der Waals surface area contributed by atoms with Crippen molar-refractivity contribution >= 4 is 39.7 Å². The van der Waals surface area contributed by atoms with Gasteiger partial charge in [-0.2, -0.15) is 0 Å². The third kappa shape index (κ3) is 1.68. The lowest BCUT2D eigenvalue weighted by Crippen LogP contribution is -1.94. The number of nitrogen functional groups attached to an aromatic ring is 1. The predicted molar refractivity (Wildman–Crippen MR) is 73.9 cm³/mol. The van der Waals surface area contributed by atoms with Gasteiger partial charge in [-0.3, -0.25) is 0 Å². The lowest BCUT2D eigenvalue weighted by molar-refractivity contribution is 0.478. The molecule has 0 unspecified atom stereocenters. The molecule has 0 atom stereocenters. The molecule has 2 aromatic heterocycles. The summed E-state index contributed by atoms with van der Waals surface area (Å²) in [6.45, 7) is 0. The summed E-state index contributed by atoms with van der Waals surface area (Å²) in [5.74, 6) is 0.544. The standard InChI is InChI=1S/C12H8ClN3OS/c13-9-4-3-8(18-9)10-7(17)2-1-6-11(10)15-5-16-12(6)14/h1-5,17H,(H2,14,15,16). The first-order chi connectivity index (χ1) is 8.66.